The van der Waals surface area contributed by atoms with Gasteiger partial charge in [-0.05, 0) is 24.1 Å². The maximum Gasteiger partial charge on any atom is 0.142 e. The number of phenols is 1. The van der Waals surface area contributed by atoms with Crippen molar-refractivity contribution in [2.75, 3.05) is 0 Å². The maximum absolute atomic E-state index is 9.19. The number of phenolic OH excluding ortho intramolecular Hbond substituents is 1. The lowest BCUT2D eigenvalue weighted by Gasteiger charge is -1.97. The van der Waals surface area contributed by atoms with Crippen molar-refractivity contribution in [1.82, 2.24) is 0 Å². The molecular weight excluding hydrogens is 176 g/mol. The van der Waals surface area contributed by atoms with Gasteiger partial charge in [-0.15, -0.1) is 6.58 Å². The zero-order valence-corrected chi connectivity index (χ0v) is 8.02. The Balaban J connectivity index is 0.000000364. The zero-order chi connectivity index (χ0) is 10.8. The van der Waals surface area contributed by atoms with Crippen molar-refractivity contribution in [3.63, 3.8) is 0 Å². The minimum atomic E-state index is 0.349. The van der Waals surface area contributed by atoms with Gasteiger partial charge in [-0.1, -0.05) is 30.9 Å². The van der Waals surface area contributed by atoms with Crippen molar-refractivity contribution in [1.29, 1.82) is 0 Å². The second-order valence-electron chi connectivity index (χ2n) is 2.49. The Hall–Kier alpha value is -1.83. The van der Waals surface area contributed by atoms with E-state index in [2.05, 4.69) is 13.2 Å². The number of carbonyl (C=O) groups excluding carboxylic acids is 1. The number of carbonyl (C=O) groups is 1. The number of hydrogen-bond donors (Lipinski definition) is 1. The van der Waals surface area contributed by atoms with Gasteiger partial charge in [0.2, 0.25) is 0 Å². The summed E-state index contributed by atoms with van der Waals surface area (Å²) in [4.78, 5) is 9.06. The first-order valence-corrected chi connectivity index (χ1v) is 4.20. The minimum absolute atomic E-state index is 0.349. The van der Waals surface area contributed by atoms with E-state index < -0.39 is 0 Å². The number of aldehydes is 1. The largest absolute Gasteiger partial charge is 0.508 e. The molecular formula is C12H14O2. The highest BCUT2D eigenvalue weighted by atomic mass is 16.3. The fourth-order valence-corrected chi connectivity index (χ4v) is 0.839. The van der Waals surface area contributed by atoms with Gasteiger partial charge in [-0.2, -0.15) is 0 Å². The molecule has 0 bridgehead atoms. The van der Waals surface area contributed by atoms with Crippen LogP contribution in [0.15, 0.2) is 49.6 Å². The summed E-state index contributed by atoms with van der Waals surface area (Å²) in [6.45, 7) is 6.70. The van der Waals surface area contributed by atoms with E-state index in [1.165, 1.54) is 6.08 Å². The van der Waals surface area contributed by atoms with Gasteiger partial charge in [0, 0.05) is 0 Å². The summed E-state index contributed by atoms with van der Waals surface area (Å²) < 4.78 is 0. The topological polar surface area (TPSA) is 37.3 Å². The maximum atomic E-state index is 9.19. The lowest BCUT2D eigenvalue weighted by Crippen LogP contribution is -1.79. The second-order valence-corrected chi connectivity index (χ2v) is 2.49. The van der Waals surface area contributed by atoms with E-state index in [1.54, 1.807) is 12.1 Å². The van der Waals surface area contributed by atoms with Crippen LogP contribution in [0.4, 0.5) is 0 Å². The van der Waals surface area contributed by atoms with Gasteiger partial charge in [-0.25, -0.2) is 0 Å². The third-order valence-corrected chi connectivity index (χ3v) is 1.45. The van der Waals surface area contributed by atoms with Crippen LogP contribution in [-0.2, 0) is 11.2 Å². The molecule has 1 aromatic carbocycles. The SMILES string of the molecule is C=CC=O.C=CCc1ccccc1O. The molecule has 0 radical (unpaired) electrons. The number of rotatable bonds is 3. The molecule has 74 valence electrons. The van der Waals surface area contributed by atoms with Crippen LogP contribution in [0.2, 0.25) is 0 Å². The number of aromatic hydroxyl groups is 1. The van der Waals surface area contributed by atoms with Crippen LogP contribution in [0, 0.1) is 0 Å². The van der Waals surface area contributed by atoms with Crippen LogP contribution >= 0.6 is 0 Å². The van der Waals surface area contributed by atoms with E-state index >= 15 is 0 Å². The van der Waals surface area contributed by atoms with Crippen molar-refractivity contribution in [3.8, 4) is 5.75 Å². The molecule has 0 spiro atoms. The zero-order valence-electron chi connectivity index (χ0n) is 8.02. The van der Waals surface area contributed by atoms with Crippen LogP contribution in [0.5, 0.6) is 5.75 Å². The average Bonchev–Trinajstić information content (AvgIpc) is 2.22. The standard InChI is InChI=1S/C9H10O.C3H4O/c1-2-5-8-6-3-4-7-9(8)10;1-2-3-4/h2-4,6-7,10H,1,5H2;2-3H,1H2. The molecule has 14 heavy (non-hydrogen) atoms. The Morgan fingerprint density at radius 1 is 1.29 bits per heavy atom. The van der Waals surface area contributed by atoms with Crippen LogP contribution in [0.1, 0.15) is 5.56 Å². The smallest absolute Gasteiger partial charge is 0.142 e. The molecule has 0 saturated carbocycles. The molecule has 0 fully saturated rings. The van der Waals surface area contributed by atoms with Crippen LogP contribution in [0.25, 0.3) is 0 Å². The minimum Gasteiger partial charge on any atom is -0.508 e. The normalized spacial score (nSPS) is 8.00. The molecule has 2 heteroatoms. The molecule has 1 rings (SSSR count). The summed E-state index contributed by atoms with van der Waals surface area (Å²) in [5.74, 6) is 0.349. The first kappa shape index (κ1) is 12.2. The Bertz CT molecular complexity index is 297. The highest BCUT2D eigenvalue weighted by Gasteiger charge is 1.93. The molecule has 0 aromatic heterocycles. The third kappa shape index (κ3) is 4.93. The van der Waals surface area contributed by atoms with Crippen molar-refractivity contribution in [2.45, 2.75) is 6.42 Å². The van der Waals surface area contributed by atoms with Crippen LogP contribution in [-0.4, -0.2) is 11.4 Å². The van der Waals surface area contributed by atoms with Gasteiger partial charge in [0.15, 0.2) is 0 Å². The van der Waals surface area contributed by atoms with Crippen molar-refractivity contribution in [2.24, 2.45) is 0 Å². The summed E-state index contributed by atoms with van der Waals surface area (Å²) in [5, 5.41) is 9.19. The quantitative estimate of drug-likeness (QED) is 0.451. The molecule has 0 saturated heterocycles. The fourth-order valence-electron chi connectivity index (χ4n) is 0.839. The molecule has 1 N–H and O–H groups in total. The van der Waals surface area contributed by atoms with Gasteiger partial charge in [0.25, 0.3) is 0 Å². The Morgan fingerprint density at radius 2 is 1.86 bits per heavy atom. The van der Waals surface area contributed by atoms with E-state index in [4.69, 9.17) is 4.79 Å². The molecule has 1 aromatic rings. The summed E-state index contributed by atoms with van der Waals surface area (Å²) in [5.41, 5.74) is 0.928. The Morgan fingerprint density at radius 3 is 2.29 bits per heavy atom. The number of hydrogen-bond acceptors (Lipinski definition) is 2. The van der Waals surface area contributed by atoms with Crippen molar-refractivity contribution >= 4 is 6.29 Å². The summed E-state index contributed by atoms with van der Waals surface area (Å²) in [7, 11) is 0. The molecule has 0 unspecified atom stereocenters. The van der Waals surface area contributed by atoms with E-state index in [0.717, 1.165) is 12.0 Å². The summed E-state index contributed by atoms with van der Waals surface area (Å²) >= 11 is 0. The summed E-state index contributed by atoms with van der Waals surface area (Å²) in [6, 6.07) is 7.27. The third-order valence-electron chi connectivity index (χ3n) is 1.45. The number of benzene rings is 1. The molecule has 0 amide bonds. The number of allylic oxidation sites excluding steroid dienone is 2. The van der Waals surface area contributed by atoms with E-state index in [-0.39, 0.29) is 0 Å². The monoisotopic (exact) mass is 190 g/mol. The predicted molar refractivity (Wildman–Crippen MR) is 58.3 cm³/mol. The molecule has 2 nitrogen and oxygen atoms in total. The van der Waals surface area contributed by atoms with Gasteiger partial charge < -0.3 is 5.11 Å². The predicted octanol–water partition coefficient (Wildman–Crippen LogP) is 2.49. The lowest BCUT2D eigenvalue weighted by atomic mass is 10.1. The molecule has 0 aliphatic carbocycles. The van der Waals surface area contributed by atoms with Gasteiger partial charge in [0.05, 0.1) is 0 Å². The van der Waals surface area contributed by atoms with E-state index in [1.807, 2.05) is 18.2 Å². The van der Waals surface area contributed by atoms with Gasteiger partial charge >= 0.3 is 0 Å². The van der Waals surface area contributed by atoms with Crippen LogP contribution < -0.4 is 0 Å². The number of para-hydroxylation sites is 1. The lowest BCUT2D eigenvalue weighted by molar-refractivity contribution is -0.104. The van der Waals surface area contributed by atoms with Gasteiger partial charge in [0.1, 0.15) is 12.0 Å². The molecule has 0 atom stereocenters. The highest BCUT2D eigenvalue weighted by molar-refractivity contribution is 5.63. The summed E-state index contributed by atoms with van der Waals surface area (Å²) in [6.07, 6.45) is 4.34. The Labute approximate surface area is 84.2 Å². The van der Waals surface area contributed by atoms with E-state index in [9.17, 15) is 5.11 Å². The van der Waals surface area contributed by atoms with Gasteiger partial charge in [-0.3, -0.25) is 4.79 Å². The molecule has 0 heterocycles. The highest BCUT2D eigenvalue weighted by Crippen LogP contribution is 2.15. The van der Waals surface area contributed by atoms with E-state index in [0.29, 0.717) is 12.0 Å². The van der Waals surface area contributed by atoms with Crippen LogP contribution in [0.3, 0.4) is 0 Å². The first-order chi connectivity index (χ1) is 6.76. The van der Waals surface area contributed by atoms with Crippen molar-refractivity contribution in [3.05, 3.63) is 55.1 Å². The average molecular weight is 190 g/mol. The fraction of sp³-hybridized carbons (Fsp3) is 0.0833. The molecule has 0 aliphatic rings. The molecule has 0 aliphatic heterocycles. The Kier molecular flexibility index (Phi) is 6.78. The first-order valence-electron chi connectivity index (χ1n) is 4.20. The van der Waals surface area contributed by atoms with Crippen molar-refractivity contribution < 1.29 is 9.90 Å². The second kappa shape index (κ2) is 7.80.